The van der Waals surface area contributed by atoms with Crippen molar-refractivity contribution in [1.29, 1.82) is 0 Å². The van der Waals surface area contributed by atoms with E-state index in [0.717, 1.165) is 56.2 Å². The monoisotopic (exact) mass is 384 g/mol. The highest BCUT2D eigenvalue weighted by molar-refractivity contribution is 5.74. The van der Waals surface area contributed by atoms with Gasteiger partial charge < -0.3 is 19.5 Å². The first-order valence-electron chi connectivity index (χ1n) is 10.2. The zero-order valence-electron chi connectivity index (χ0n) is 16.4. The summed E-state index contributed by atoms with van der Waals surface area (Å²) in [5, 5.41) is 7.22. The fourth-order valence-electron chi connectivity index (χ4n) is 3.86. The van der Waals surface area contributed by atoms with Gasteiger partial charge in [-0.05, 0) is 38.2 Å². The van der Waals surface area contributed by atoms with E-state index in [1.807, 2.05) is 17.0 Å². The van der Waals surface area contributed by atoms with Gasteiger partial charge in [0.25, 0.3) is 0 Å². The van der Waals surface area contributed by atoms with E-state index in [9.17, 15) is 4.79 Å². The number of nitrogens with zero attached hydrogens (tertiary/aromatic N) is 3. The third-order valence-corrected chi connectivity index (χ3v) is 5.74. The van der Waals surface area contributed by atoms with Crippen LogP contribution in [0.1, 0.15) is 60.4 Å². The van der Waals surface area contributed by atoms with Crippen molar-refractivity contribution in [1.82, 2.24) is 20.4 Å². The SMILES string of the molecule is Cc1ccc(CNC(=O)N2CCC(c3nc(C4CCOCC4)no3)CC2)cc1. The Morgan fingerprint density at radius 2 is 1.82 bits per heavy atom. The molecule has 2 amide bonds. The number of likely N-dealkylation sites (tertiary alicyclic amines) is 1. The topological polar surface area (TPSA) is 80.5 Å². The molecule has 2 aliphatic heterocycles. The maximum atomic E-state index is 12.4. The Morgan fingerprint density at radius 3 is 2.54 bits per heavy atom. The van der Waals surface area contributed by atoms with Crippen LogP contribution in [0.4, 0.5) is 4.79 Å². The van der Waals surface area contributed by atoms with E-state index in [1.54, 1.807) is 0 Å². The number of ether oxygens (including phenoxy) is 1. The zero-order chi connectivity index (χ0) is 19.3. The van der Waals surface area contributed by atoms with Crippen molar-refractivity contribution in [3.63, 3.8) is 0 Å². The lowest BCUT2D eigenvalue weighted by atomic mass is 9.96. The van der Waals surface area contributed by atoms with E-state index in [2.05, 4.69) is 34.5 Å². The molecule has 0 radical (unpaired) electrons. The number of hydrogen-bond acceptors (Lipinski definition) is 5. The van der Waals surface area contributed by atoms with Gasteiger partial charge in [0.05, 0.1) is 0 Å². The van der Waals surface area contributed by atoms with Crippen LogP contribution in [-0.4, -0.2) is 47.4 Å². The molecule has 2 aliphatic rings. The van der Waals surface area contributed by atoms with Crippen LogP contribution >= 0.6 is 0 Å². The van der Waals surface area contributed by atoms with Crippen LogP contribution in [0, 0.1) is 6.92 Å². The van der Waals surface area contributed by atoms with Crippen molar-refractivity contribution >= 4 is 6.03 Å². The average Bonchev–Trinajstić information content (AvgIpc) is 3.24. The summed E-state index contributed by atoms with van der Waals surface area (Å²) in [6, 6.07) is 8.21. The Hall–Kier alpha value is -2.41. The summed E-state index contributed by atoms with van der Waals surface area (Å²) in [7, 11) is 0. The molecule has 2 fully saturated rings. The largest absolute Gasteiger partial charge is 0.381 e. The van der Waals surface area contributed by atoms with E-state index in [-0.39, 0.29) is 11.9 Å². The van der Waals surface area contributed by atoms with Gasteiger partial charge in [-0.3, -0.25) is 0 Å². The fourth-order valence-corrected chi connectivity index (χ4v) is 3.86. The first-order chi connectivity index (χ1) is 13.7. The summed E-state index contributed by atoms with van der Waals surface area (Å²) in [5.74, 6) is 2.12. The van der Waals surface area contributed by atoms with E-state index in [0.29, 0.717) is 25.6 Å². The summed E-state index contributed by atoms with van der Waals surface area (Å²) in [4.78, 5) is 19.0. The lowest BCUT2D eigenvalue weighted by Gasteiger charge is -2.30. The highest BCUT2D eigenvalue weighted by atomic mass is 16.5. The quantitative estimate of drug-likeness (QED) is 0.874. The summed E-state index contributed by atoms with van der Waals surface area (Å²) in [5.41, 5.74) is 2.33. The van der Waals surface area contributed by atoms with E-state index < -0.39 is 0 Å². The first-order valence-corrected chi connectivity index (χ1v) is 10.2. The Bertz CT molecular complexity index is 775. The number of aryl methyl sites for hydroxylation is 1. The van der Waals surface area contributed by atoms with Crippen LogP contribution in [0.3, 0.4) is 0 Å². The third kappa shape index (κ3) is 4.52. The lowest BCUT2D eigenvalue weighted by Crippen LogP contribution is -2.43. The fraction of sp³-hybridized carbons (Fsp3) is 0.571. The minimum Gasteiger partial charge on any atom is -0.381 e. The van der Waals surface area contributed by atoms with E-state index in [1.165, 1.54) is 5.56 Å². The van der Waals surface area contributed by atoms with Crippen molar-refractivity contribution in [3.8, 4) is 0 Å². The molecule has 0 atom stereocenters. The number of aromatic nitrogens is 2. The standard InChI is InChI=1S/C21H28N4O3/c1-15-2-4-16(5-3-15)14-22-21(26)25-10-6-18(7-11-25)20-23-19(24-28-20)17-8-12-27-13-9-17/h2-5,17-18H,6-14H2,1H3,(H,22,26). The van der Waals surface area contributed by atoms with E-state index >= 15 is 0 Å². The van der Waals surface area contributed by atoms with Gasteiger partial charge in [0, 0.05) is 44.7 Å². The molecule has 7 nitrogen and oxygen atoms in total. The van der Waals surface area contributed by atoms with E-state index in [4.69, 9.17) is 9.26 Å². The highest BCUT2D eigenvalue weighted by Crippen LogP contribution is 2.30. The minimum atomic E-state index is -0.00699. The highest BCUT2D eigenvalue weighted by Gasteiger charge is 2.29. The van der Waals surface area contributed by atoms with Gasteiger partial charge in [0.15, 0.2) is 5.82 Å². The number of amides is 2. The lowest BCUT2D eigenvalue weighted by molar-refractivity contribution is 0.0830. The second kappa shape index (κ2) is 8.73. The Labute approximate surface area is 165 Å². The van der Waals surface area contributed by atoms with Crippen molar-refractivity contribution in [2.45, 2.75) is 51.0 Å². The molecule has 0 saturated carbocycles. The van der Waals surface area contributed by atoms with Gasteiger partial charge in [-0.15, -0.1) is 0 Å². The second-order valence-corrected chi connectivity index (χ2v) is 7.78. The minimum absolute atomic E-state index is 0.00699. The van der Waals surface area contributed by atoms with Crippen LogP contribution in [0.2, 0.25) is 0 Å². The molecular weight excluding hydrogens is 356 g/mol. The van der Waals surface area contributed by atoms with Gasteiger partial charge in [-0.25, -0.2) is 4.79 Å². The molecule has 1 aromatic carbocycles. The van der Waals surface area contributed by atoms with Gasteiger partial charge in [-0.1, -0.05) is 35.0 Å². The maximum Gasteiger partial charge on any atom is 0.317 e. The van der Waals surface area contributed by atoms with Crippen molar-refractivity contribution in [3.05, 3.63) is 47.1 Å². The number of carbonyl (C=O) groups is 1. The summed E-state index contributed by atoms with van der Waals surface area (Å²) in [6.45, 7) is 5.56. The molecule has 2 aromatic rings. The summed E-state index contributed by atoms with van der Waals surface area (Å²) >= 11 is 0. The van der Waals surface area contributed by atoms with Crippen molar-refractivity contribution in [2.75, 3.05) is 26.3 Å². The Morgan fingerprint density at radius 1 is 1.11 bits per heavy atom. The van der Waals surface area contributed by atoms with Crippen molar-refractivity contribution < 1.29 is 14.1 Å². The predicted molar refractivity (Wildman–Crippen MR) is 104 cm³/mol. The molecular formula is C21H28N4O3. The summed E-state index contributed by atoms with van der Waals surface area (Å²) < 4.78 is 10.9. The Balaban J connectivity index is 1.25. The molecule has 4 rings (SSSR count). The smallest absolute Gasteiger partial charge is 0.317 e. The van der Waals surface area contributed by atoms with Crippen LogP contribution in [0.15, 0.2) is 28.8 Å². The molecule has 0 bridgehead atoms. The van der Waals surface area contributed by atoms with Crippen molar-refractivity contribution in [2.24, 2.45) is 0 Å². The Kier molecular flexibility index (Phi) is 5.90. The van der Waals surface area contributed by atoms with Gasteiger partial charge in [0.2, 0.25) is 5.89 Å². The summed E-state index contributed by atoms with van der Waals surface area (Å²) in [6.07, 6.45) is 3.62. The number of urea groups is 1. The molecule has 3 heterocycles. The molecule has 28 heavy (non-hydrogen) atoms. The maximum absolute atomic E-state index is 12.4. The molecule has 1 N–H and O–H groups in total. The molecule has 150 valence electrons. The average molecular weight is 384 g/mol. The number of rotatable bonds is 4. The molecule has 0 unspecified atom stereocenters. The van der Waals surface area contributed by atoms with Crippen LogP contribution in [0.5, 0.6) is 0 Å². The molecule has 0 spiro atoms. The van der Waals surface area contributed by atoms with Gasteiger partial charge in [-0.2, -0.15) is 4.98 Å². The number of carbonyl (C=O) groups excluding carboxylic acids is 1. The predicted octanol–water partition coefficient (Wildman–Crippen LogP) is 3.36. The van der Waals surface area contributed by atoms with Crippen LogP contribution < -0.4 is 5.32 Å². The zero-order valence-corrected chi connectivity index (χ0v) is 16.4. The number of hydrogen-bond donors (Lipinski definition) is 1. The van der Waals surface area contributed by atoms with Crippen LogP contribution in [-0.2, 0) is 11.3 Å². The van der Waals surface area contributed by atoms with Gasteiger partial charge in [0.1, 0.15) is 0 Å². The van der Waals surface area contributed by atoms with Gasteiger partial charge >= 0.3 is 6.03 Å². The molecule has 2 saturated heterocycles. The normalized spacial score (nSPS) is 19.0. The molecule has 0 aliphatic carbocycles. The number of nitrogens with one attached hydrogen (secondary N) is 1. The number of piperidine rings is 1. The third-order valence-electron chi connectivity index (χ3n) is 5.74. The first kappa shape index (κ1) is 18.9. The molecule has 1 aromatic heterocycles. The molecule has 7 heteroatoms. The second-order valence-electron chi connectivity index (χ2n) is 7.78. The number of benzene rings is 1. The van der Waals surface area contributed by atoms with Crippen LogP contribution in [0.25, 0.3) is 0 Å².